The number of aromatic nitrogens is 1. The van der Waals surface area contributed by atoms with Crippen molar-refractivity contribution in [2.24, 2.45) is 0 Å². The zero-order valence-corrected chi connectivity index (χ0v) is 12.1. The van der Waals surface area contributed by atoms with Gasteiger partial charge in [-0.05, 0) is 48.7 Å². The number of aryl methyl sites for hydroxylation is 1. The summed E-state index contributed by atoms with van der Waals surface area (Å²) in [5, 5.41) is 4.70. The van der Waals surface area contributed by atoms with Gasteiger partial charge < -0.3 is 10.3 Å². The lowest BCUT2D eigenvalue weighted by atomic mass is 10.1. The molecule has 0 amide bonds. The van der Waals surface area contributed by atoms with Crippen LogP contribution in [0.4, 0.5) is 4.39 Å². The first-order valence-corrected chi connectivity index (χ1v) is 7.25. The molecule has 0 aliphatic carbocycles. The second kappa shape index (κ2) is 6.10. The highest BCUT2D eigenvalue weighted by molar-refractivity contribution is 5.83. The van der Waals surface area contributed by atoms with Gasteiger partial charge in [0.2, 0.25) is 0 Å². The number of nitrogens with one attached hydrogen (secondary N) is 2. The fourth-order valence-corrected chi connectivity index (χ4v) is 2.61. The Balaban J connectivity index is 1.55. The number of H-pyrrole nitrogens is 1. The fraction of sp³-hybridized carbons (Fsp3) is 0.222. The van der Waals surface area contributed by atoms with Crippen LogP contribution in [0.5, 0.6) is 0 Å². The van der Waals surface area contributed by atoms with E-state index in [-0.39, 0.29) is 5.82 Å². The number of hydrogen-bond acceptors (Lipinski definition) is 1. The quantitative estimate of drug-likeness (QED) is 0.681. The van der Waals surface area contributed by atoms with Gasteiger partial charge >= 0.3 is 0 Å². The van der Waals surface area contributed by atoms with Gasteiger partial charge in [0.15, 0.2) is 0 Å². The second-order valence-corrected chi connectivity index (χ2v) is 5.37. The monoisotopic (exact) mass is 282 g/mol. The summed E-state index contributed by atoms with van der Waals surface area (Å²) in [4.78, 5) is 3.29. The summed E-state index contributed by atoms with van der Waals surface area (Å²) >= 11 is 0. The van der Waals surface area contributed by atoms with Crippen LogP contribution in [0.25, 0.3) is 10.9 Å². The first-order chi connectivity index (χ1) is 10.2. The molecule has 0 aliphatic rings. The van der Waals surface area contributed by atoms with Crippen molar-refractivity contribution in [2.75, 3.05) is 6.54 Å². The Bertz CT molecular complexity index is 746. The third kappa shape index (κ3) is 3.14. The van der Waals surface area contributed by atoms with Crippen LogP contribution in [0.3, 0.4) is 0 Å². The largest absolute Gasteiger partial charge is 0.361 e. The molecule has 0 aliphatic heterocycles. The van der Waals surface area contributed by atoms with Crippen molar-refractivity contribution in [3.05, 3.63) is 71.2 Å². The molecule has 1 aromatic heterocycles. The minimum absolute atomic E-state index is 0.141. The van der Waals surface area contributed by atoms with Crippen LogP contribution < -0.4 is 5.32 Å². The first-order valence-electron chi connectivity index (χ1n) is 7.25. The van der Waals surface area contributed by atoms with Gasteiger partial charge in [0.05, 0.1) is 0 Å². The molecule has 1 heterocycles. The Morgan fingerprint density at radius 1 is 1.14 bits per heavy atom. The summed E-state index contributed by atoms with van der Waals surface area (Å²) < 4.78 is 13.2. The van der Waals surface area contributed by atoms with Crippen LogP contribution in [0.1, 0.15) is 16.7 Å². The number of benzene rings is 2. The number of hydrogen-bond donors (Lipinski definition) is 2. The molecule has 2 N–H and O–H groups in total. The Hall–Kier alpha value is -2.13. The number of halogens is 1. The van der Waals surface area contributed by atoms with Crippen LogP contribution in [-0.2, 0) is 13.0 Å². The van der Waals surface area contributed by atoms with Crippen molar-refractivity contribution in [2.45, 2.75) is 19.9 Å². The molecule has 0 bridgehead atoms. The van der Waals surface area contributed by atoms with Gasteiger partial charge in [0.1, 0.15) is 5.82 Å². The zero-order valence-electron chi connectivity index (χ0n) is 12.1. The number of para-hydroxylation sites is 1. The second-order valence-electron chi connectivity index (χ2n) is 5.37. The molecular weight excluding hydrogens is 263 g/mol. The van der Waals surface area contributed by atoms with E-state index >= 15 is 0 Å². The molecular formula is C18H19FN2. The van der Waals surface area contributed by atoms with Crippen molar-refractivity contribution >= 4 is 10.9 Å². The Kier molecular flexibility index (Phi) is 4.02. The van der Waals surface area contributed by atoms with Gasteiger partial charge in [-0.1, -0.05) is 30.3 Å². The molecule has 3 aromatic rings. The molecule has 3 heteroatoms. The number of rotatable bonds is 5. The van der Waals surface area contributed by atoms with E-state index < -0.39 is 0 Å². The lowest BCUT2D eigenvalue weighted by Crippen LogP contribution is -2.16. The summed E-state index contributed by atoms with van der Waals surface area (Å²) in [5.74, 6) is -0.141. The molecule has 0 spiro atoms. The normalized spacial score (nSPS) is 11.1. The van der Waals surface area contributed by atoms with E-state index in [0.29, 0.717) is 5.56 Å². The molecule has 21 heavy (non-hydrogen) atoms. The Labute approximate surface area is 124 Å². The minimum Gasteiger partial charge on any atom is -0.361 e. The van der Waals surface area contributed by atoms with Crippen molar-refractivity contribution in [3.8, 4) is 0 Å². The van der Waals surface area contributed by atoms with Gasteiger partial charge in [-0.3, -0.25) is 0 Å². The summed E-state index contributed by atoms with van der Waals surface area (Å²) in [6, 6.07) is 13.6. The van der Waals surface area contributed by atoms with Crippen molar-refractivity contribution in [1.82, 2.24) is 10.3 Å². The highest BCUT2D eigenvalue weighted by Crippen LogP contribution is 2.17. The summed E-state index contributed by atoms with van der Waals surface area (Å²) in [5.41, 5.74) is 4.33. The highest BCUT2D eigenvalue weighted by atomic mass is 19.1. The summed E-state index contributed by atoms with van der Waals surface area (Å²) in [6.07, 6.45) is 3.05. The standard InChI is InChI=1S/C18H19FN2/c1-13-10-14(6-7-17(13)19)11-20-9-8-15-12-21-18-5-3-2-4-16(15)18/h2-7,10,12,20-21H,8-9,11H2,1H3. The van der Waals surface area contributed by atoms with Crippen LogP contribution in [0, 0.1) is 12.7 Å². The molecule has 2 nitrogen and oxygen atoms in total. The van der Waals surface area contributed by atoms with E-state index in [1.54, 1.807) is 6.92 Å². The Morgan fingerprint density at radius 2 is 2.00 bits per heavy atom. The lowest BCUT2D eigenvalue weighted by molar-refractivity contribution is 0.615. The maximum Gasteiger partial charge on any atom is 0.126 e. The average molecular weight is 282 g/mol. The molecule has 108 valence electrons. The lowest BCUT2D eigenvalue weighted by Gasteiger charge is -2.06. The average Bonchev–Trinajstić information content (AvgIpc) is 2.91. The smallest absolute Gasteiger partial charge is 0.126 e. The predicted octanol–water partition coefficient (Wildman–Crippen LogP) is 3.95. The summed E-state index contributed by atoms with van der Waals surface area (Å²) in [7, 11) is 0. The SMILES string of the molecule is Cc1cc(CNCCc2c[nH]c3ccccc23)ccc1F. The van der Waals surface area contributed by atoms with E-state index in [9.17, 15) is 4.39 Å². The third-order valence-corrected chi connectivity index (χ3v) is 3.80. The molecule has 0 radical (unpaired) electrons. The first kappa shape index (κ1) is 13.8. The van der Waals surface area contributed by atoms with Gasteiger partial charge in [-0.2, -0.15) is 0 Å². The molecule has 0 unspecified atom stereocenters. The molecule has 0 saturated heterocycles. The van der Waals surface area contributed by atoms with Gasteiger partial charge in [0.25, 0.3) is 0 Å². The van der Waals surface area contributed by atoms with Crippen molar-refractivity contribution < 1.29 is 4.39 Å². The minimum atomic E-state index is -0.141. The van der Waals surface area contributed by atoms with E-state index in [1.807, 2.05) is 18.2 Å². The highest BCUT2D eigenvalue weighted by Gasteiger charge is 2.03. The van der Waals surface area contributed by atoms with Gasteiger partial charge in [-0.25, -0.2) is 4.39 Å². The van der Waals surface area contributed by atoms with E-state index in [2.05, 4.69) is 34.7 Å². The van der Waals surface area contributed by atoms with Gasteiger partial charge in [-0.15, -0.1) is 0 Å². The molecule has 0 saturated carbocycles. The van der Waals surface area contributed by atoms with Crippen molar-refractivity contribution in [1.29, 1.82) is 0 Å². The van der Waals surface area contributed by atoms with Crippen LogP contribution >= 0.6 is 0 Å². The van der Waals surface area contributed by atoms with E-state index in [4.69, 9.17) is 0 Å². The fourth-order valence-electron chi connectivity index (χ4n) is 2.61. The predicted molar refractivity (Wildman–Crippen MR) is 84.8 cm³/mol. The molecule has 0 atom stereocenters. The van der Waals surface area contributed by atoms with Crippen molar-refractivity contribution in [3.63, 3.8) is 0 Å². The molecule has 3 rings (SSSR count). The molecule has 0 fully saturated rings. The van der Waals surface area contributed by atoms with E-state index in [1.165, 1.54) is 22.5 Å². The summed E-state index contributed by atoms with van der Waals surface area (Å²) in [6.45, 7) is 3.46. The van der Waals surface area contributed by atoms with Crippen LogP contribution in [0.15, 0.2) is 48.7 Å². The van der Waals surface area contributed by atoms with Crippen LogP contribution in [0.2, 0.25) is 0 Å². The van der Waals surface area contributed by atoms with E-state index in [0.717, 1.165) is 25.1 Å². The topological polar surface area (TPSA) is 27.8 Å². The zero-order chi connectivity index (χ0) is 14.7. The molecule has 2 aromatic carbocycles. The third-order valence-electron chi connectivity index (χ3n) is 3.80. The number of fused-ring (bicyclic) bond motifs is 1. The van der Waals surface area contributed by atoms with Crippen LogP contribution in [-0.4, -0.2) is 11.5 Å². The van der Waals surface area contributed by atoms with Gasteiger partial charge in [0, 0.05) is 23.6 Å². The maximum atomic E-state index is 13.2. The maximum absolute atomic E-state index is 13.2. The number of aromatic amines is 1. The Morgan fingerprint density at radius 3 is 2.86 bits per heavy atom.